The van der Waals surface area contributed by atoms with Crippen molar-refractivity contribution in [2.45, 2.75) is 98.9 Å². The van der Waals surface area contributed by atoms with Crippen molar-refractivity contribution in [1.82, 2.24) is 0 Å². The van der Waals surface area contributed by atoms with E-state index in [1.54, 1.807) is 0 Å². The molecule has 2 aliphatic carbocycles. The summed E-state index contributed by atoms with van der Waals surface area (Å²) >= 11 is 0. The topological polar surface area (TPSA) is 29.5 Å². The third kappa shape index (κ3) is 2.20. The molecule has 5 atom stereocenters. The van der Waals surface area contributed by atoms with E-state index in [1.165, 1.54) is 19.3 Å². The van der Waals surface area contributed by atoms with Gasteiger partial charge >= 0.3 is 0 Å². The number of rotatable bonds is 4. The van der Waals surface area contributed by atoms with Crippen molar-refractivity contribution >= 4 is 0 Å². The second-order valence-corrected chi connectivity index (χ2v) is 8.91. The first kappa shape index (κ1) is 17.3. The third-order valence-corrected chi connectivity index (χ3v) is 8.18. The van der Waals surface area contributed by atoms with Gasteiger partial charge in [-0.15, -0.1) is 0 Å². The Labute approximate surface area is 131 Å². The first-order chi connectivity index (χ1) is 9.54. The molecule has 2 heteroatoms. The van der Waals surface area contributed by atoms with Crippen molar-refractivity contribution in [3.63, 3.8) is 0 Å². The van der Waals surface area contributed by atoms with Crippen LogP contribution in [0.5, 0.6) is 0 Å². The monoisotopic (exact) mass is 296 g/mol. The molecule has 1 N–H and O–H groups in total. The van der Waals surface area contributed by atoms with Crippen molar-refractivity contribution in [2.75, 3.05) is 0 Å². The van der Waals surface area contributed by atoms with E-state index < -0.39 is 6.29 Å². The molecule has 2 aliphatic rings. The second kappa shape index (κ2) is 5.23. The van der Waals surface area contributed by atoms with Crippen LogP contribution in [0.15, 0.2) is 0 Å². The van der Waals surface area contributed by atoms with Gasteiger partial charge in [-0.1, -0.05) is 48.0 Å². The van der Waals surface area contributed by atoms with Gasteiger partial charge in [-0.3, -0.25) is 0 Å². The molecule has 0 amide bonds. The molecule has 2 rings (SSSR count). The van der Waals surface area contributed by atoms with Crippen molar-refractivity contribution in [2.24, 2.45) is 22.2 Å². The van der Waals surface area contributed by atoms with Crippen molar-refractivity contribution in [1.29, 1.82) is 0 Å². The fourth-order valence-electron chi connectivity index (χ4n) is 5.41. The smallest absolute Gasteiger partial charge is 0.155 e. The SMILES string of the molecule is CCCC(O)O[C@@]1(C)CC[C@]2(C)C(C)CCC2(C)C1(C)C. The van der Waals surface area contributed by atoms with Crippen LogP contribution in [0.2, 0.25) is 0 Å². The van der Waals surface area contributed by atoms with E-state index >= 15 is 0 Å². The zero-order chi connectivity index (χ0) is 16.1. The molecule has 0 radical (unpaired) electrons. The molecular weight excluding hydrogens is 260 g/mol. The van der Waals surface area contributed by atoms with E-state index in [2.05, 4.69) is 48.5 Å². The van der Waals surface area contributed by atoms with Crippen LogP contribution in [0.4, 0.5) is 0 Å². The maximum absolute atomic E-state index is 10.2. The molecule has 0 saturated heterocycles. The lowest BCUT2D eigenvalue weighted by Crippen LogP contribution is -2.63. The normalized spacial score (nSPS) is 47.1. The summed E-state index contributed by atoms with van der Waals surface area (Å²) in [5.41, 5.74) is 0.500. The molecule has 3 unspecified atom stereocenters. The minimum Gasteiger partial charge on any atom is -0.368 e. The van der Waals surface area contributed by atoms with Crippen LogP contribution >= 0.6 is 0 Å². The Morgan fingerprint density at radius 1 is 1.10 bits per heavy atom. The Morgan fingerprint density at radius 3 is 2.29 bits per heavy atom. The van der Waals surface area contributed by atoms with E-state index in [0.29, 0.717) is 5.41 Å². The van der Waals surface area contributed by atoms with Crippen molar-refractivity contribution in [3.05, 3.63) is 0 Å². The van der Waals surface area contributed by atoms with Gasteiger partial charge in [0.2, 0.25) is 0 Å². The van der Waals surface area contributed by atoms with Gasteiger partial charge < -0.3 is 9.84 Å². The molecule has 2 nitrogen and oxygen atoms in total. The predicted molar refractivity (Wildman–Crippen MR) is 88.0 cm³/mol. The highest BCUT2D eigenvalue weighted by molar-refractivity contribution is 5.16. The third-order valence-electron chi connectivity index (χ3n) is 8.18. The summed E-state index contributed by atoms with van der Waals surface area (Å²) in [7, 11) is 0. The quantitative estimate of drug-likeness (QED) is 0.728. The van der Waals surface area contributed by atoms with Crippen LogP contribution < -0.4 is 0 Å². The molecule has 21 heavy (non-hydrogen) atoms. The molecule has 124 valence electrons. The van der Waals surface area contributed by atoms with Crippen LogP contribution in [-0.4, -0.2) is 17.0 Å². The van der Waals surface area contributed by atoms with Gasteiger partial charge in [0.25, 0.3) is 0 Å². The predicted octanol–water partition coefficient (Wildman–Crippen LogP) is 5.14. The first-order valence-electron chi connectivity index (χ1n) is 8.90. The Balaban J connectivity index is 2.33. The average molecular weight is 296 g/mol. The summed E-state index contributed by atoms with van der Waals surface area (Å²) in [6, 6.07) is 0. The Hall–Kier alpha value is -0.0800. The molecule has 0 aromatic carbocycles. The highest BCUT2D eigenvalue weighted by atomic mass is 16.6. The van der Waals surface area contributed by atoms with Crippen molar-refractivity contribution in [3.8, 4) is 0 Å². The summed E-state index contributed by atoms with van der Waals surface area (Å²) < 4.78 is 6.24. The lowest BCUT2D eigenvalue weighted by Gasteiger charge is -2.64. The highest BCUT2D eigenvalue weighted by Gasteiger charge is 2.67. The number of hydrogen-bond acceptors (Lipinski definition) is 2. The van der Waals surface area contributed by atoms with Gasteiger partial charge in [0.15, 0.2) is 6.29 Å². The second-order valence-electron chi connectivity index (χ2n) is 8.91. The van der Waals surface area contributed by atoms with Gasteiger partial charge in [0.1, 0.15) is 0 Å². The molecule has 0 heterocycles. The minimum atomic E-state index is -0.619. The van der Waals surface area contributed by atoms with E-state index in [-0.39, 0.29) is 16.4 Å². The largest absolute Gasteiger partial charge is 0.368 e. The zero-order valence-electron chi connectivity index (χ0n) is 15.3. The molecule has 0 spiro atoms. The molecule has 0 aromatic heterocycles. The summed E-state index contributed by atoms with van der Waals surface area (Å²) in [6.45, 7) is 16.5. The number of ether oxygens (including phenoxy) is 1. The standard InChI is InChI=1S/C19H36O2/c1-8-9-15(20)21-19(7)13-12-17(5)14(2)10-11-18(17,6)16(19,3)4/h14-15,20H,8-13H2,1-7H3/t14?,15?,17-,18?,19+/m1/s1. The average Bonchev–Trinajstić information content (AvgIpc) is 2.62. The summed E-state index contributed by atoms with van der Waals surface area (Å²) in [5.74, 6) is 0.784. The number of aliphatic hydroxyl groups is 1. The van der Waals surface area contributed by atoms with Crippen LogP contribution in [0.3, 0.4) is 0 Å². The van der Waals surface area contributed by atoms with E-state index in [0.717, 1.165) is 25.2 Å². The molecule has 0 bridgehead atoms. The van der Waals surface area contributed by atoms with Gasteiger partial charge in [-0.2, -0.15) is 0 Å². The fraction of sp³-hybridized carbons (Fsp3) is 1.00. The Morgan fingerprint density at radius 2 is 1.71 bits per heavy atom. The molecule has 0 aromatic rings. The van der Waals surface area contributed by atoms with Gasteiger partial charge in [-0.25, -0.2) is 0 Å². The van der Waals surface area contributed by atoms with Crippen molar-refractivity contribution < 1.29 is 9.84 Å². The van der Waals surface area contributed by atoms with Crippen LogP contribution in [0, 0.1) is 22.2 Å². The Kier molecular flexibility index (Phi) is 4.30. The van der Waals surface area contributed by atoms with E-state index in [4.69, 9.17) is 4.74 Å². The van der Waals surface area contributed by atoms with Crippen LogP contribution in [0.25, 0.3) is 0 Å². The molecular formula is C19H36O2. The maximum atomic E-state index is 10.2. The lowest BCUT2D eigenvalue weighted by molar-refractivity contribution is -0.279. The maximum Gasteiger partial charge on any atom is 0.155 e. The Bertz CT molecular complexity index is 391. The molecule has 0 aliphatic heterocycles. The highest BCUT2D eigenvalue weighted by Crippen LogP contribution is 2.72. The number of fused-ring (bicyclic) bond motifs is 1. The first-order valence-corrected chi connectivity index (χ1v) is 8.90. The number of aliphatic hydroxyl groups excluding tert-OH is 1. The van der Waals surface area contributed by atoms with E-state index in [1.807, 2.05) is 0 Å². The molecule has 2 saturated carbocycles. The van der Waals surface area contributed by atoms with Gasteiger partial charge in [0.05, 0.1) is 5.60 Å². The summed E-state index contributed by atoms with van der Waals surface area (Å²) in [4.78, 5) is 0. The molecule has 2 fully saturated rings. The number of hydrogen-bond donors (Lipinski definition) is 1. The van der Waals surface area contributed by atoms with Gasteiger partial charge in [-0.05, 0) is 61.2 Å². The fourth-order valence-corrected chi connectivity index (χ4v) is 5.41. The van der Waals surface area contributed by atoms with Crippen LogP contribution in [0.1, 0.15) is 87.0 Å². The lowest BCUT2D eigenvalue weighted by atomic mass is 9.43. The zero-order valence-corrected chi connectivity index (χ0v) is 15.3. The van der Waals surface area contributed by atoms with Crippen LogP contribution in [-0.2, 0) is 4.74 Å². The summed E-state index contributed by atoms with van der Waals surface area (Å²) in [5, 5.41) is 10.2. The van der Waals surface area contributed by atoms with Gasteiger partial charge in [0, 0.05) is 0 Å². The summed E-state index contributed by atoms with van der Waals surface area (Å²) in [6.07, 6.45) is 5.94. The van der Waals surface area contributed by atoms with E-state index in [9.17, 15) is 5.11 Å². The minimum absolute atomic E-state index is 0.0620.